The molecule has 196 valence electrons. The number of nitrogens with zero attached hydrogens (tertiary/aromatic N) is 1. The quantitative estimate of drug-likeness (QED) is 0.140. The summed E-state index contributed by atoms with van der Waals surface area (Å²) in [6.45, 7) is 6.36. The van der Waals surface area contributed by atoms with Crippen LogP contribution in [0.1, 0.15) is 110 Å². The van der Waals surface area contributed by atoms with Crippen molar-refractivity contribution in [1.29, 1.82) is 0 Å². The Morgan fingerprint density at radius 2 is 1.56 bits per heavy atom. The molecule has 2 rings (SSSR count). The smallest absolute Gasteiger partial charge is 0.328 e. The first-order valence-corrected chi connectivity index (χ1v) is 13.2. The van der Waals surface area contributed by atoms with Gasteiger partial charge in [-0.15, -0.1) is 0 Å². The number of hydrogen-bond donors (Lipinski definition) is 2. The van der Waals surface area contributed by atoms with Crippen molar-refractivity contribution in [1.82, 2.24) is 4.57 Å². The second-order valence-corrected chi connectivity index (χ2v) is 9.61. The summed E-state index contributed by atoms with van der Waals surface area (Å²) in [7, 11) is 0. The molecule has 0 bridgehead atoms. The molecule has 0 spiro atoms. The molecule has 0 radical (unpaired) electrons. The lowest BCUT2D eigenvalue weighted by Gasteiger charge is -2.12. The fourth-order valence-electron chi connectivity index (χ4n) is 4.82. The molecule has 1 aromatic carbocycles. The minimum atomic E-state index is -1.02. The number of unbranched alkanes of at least 4 members (excludes halogenated alkanes) is 8. The first kappa shape index (κ1) is 29.1. The van der Waals surface area contributed by atoms with Gasteiger partial charge in [-0.2, -0.15) is 0 Å². The first-order valence-electron chi connectivity index (χ1n) is 13.2. The molecule has 0 atom stereocenters. The minimum Gasteiger partial charge on any atom is -0.481 e. The third kappa shape index (κ3) is 9.14. The molecule has 0 saturated carbocycles. The molecule has 1 aromatic heterocycles. The van der Waals surface area contributed by atoms with E-state index in [1.165, 1.54) is 44.6 Å². The lowest BCUT2D eigenvalue weighted by molar-refractivity contribution is -0.136. The Hall–Kier alpha value is -3.15. The van der Waals surface area contributed by atoms with Gasteiger partial charge in [0, 0.05) is 36.0 Å². The lowest BCUT2D eigenvalue weighted by Crippen LogP contribution is -2.11. The Labute approximate surface area is 215 Å². The molecule has 0 fully saturated rings. The fraction of sp³-hybridized carbons (Fsp3) is 0.500. The second-order valence-electron chi connectivity index (χ2n) is 9.61. The Balaban J connectivity index is 2.11. The second kappa shape index (κ2) is 15.1. The number of Topliss-reactive ketones (excluding diaryl/α,β-unsaturated/α-hetero) is 1. The number of carboxylic acids is 2. The zero-order valence-corrected chi connectivity index (χ0v) is 22.0. The third-order valence-corrected chi connectivity index (χ3v) is 6.72. The fourth-order valence-corrected chi connectivity index (χ4v) is 4.82. The Bertz CT molecular complexity index is 1060. The molecule has 0 aliphatic rings. The summed E-state index contributed by atoms with van der Waals surface area (Å²) in [6, 6.07) is 7.45. The molecule has 2 N–H and O–H groups in total. The predicted octanol–water partition coefficient (Wildman–Crippen LogP) is 6.98. The van der Waals surface area contributed by atoms with Gasteiger partial charge in [-0.3, -0.25) is 9.59 Å². The van der Waals surface area contributed by atoms with Crippen LogP contribution < -0.4 is 0 Å². The first-order chi connectivity index (χ1) is 17.2. The highest BCUT2D eigenvalue weighted by molar-refractivity contribution is 5.99. The molecular weight excluding hydrogens is 454 g/mol. The molecule has 0 amide bonds. The van der Waals surface area contributed by atoms with E-state index in [0.29, 0.717) is 24.2 Å². The van der Waals surface area contributed by atoms with E-state index in [4.69, 9.17) is 5.11 Å². The minimum absolute atomic E-state index is 0.0801. The van der Waals surface area contributed by atoms with Crippen molar-refractivity contribution < 1.29 is 24.6 Å². The van der Waals surface area contributed by atoms with Crippen LogP contribution in [0.25, 0.3) is 6.08 Å². The Morgan fingerprint density at radius 1 is 0.917 bits per heavy atom. The van der Waals surface area contributed by atoms with E-state index in [9.17, 15) is 19.5 Å². The third-order valence-electron chi connectivity index (χ3n) is 6.72. The van der Waals surface area contributed by atoms with Crippen molar-refractivity contribution in [2.45, 2.75) is 97.9 Å². The average molecular weight is 496 g/mol. The van der Waals surface area contributed by atoms with Crippen LogP contribution in [0.5, 0.6) is 0 Å². The summed E-state index contributed by atoms with van der Waals surface area (Å²) in [5.41, 5.74) is 4.48. The van der Waals surface area contributed by atoms with Crippen LogP contribution in [0.4, 0.5) is 0 Å². The summed E-state index contributed by atoms with van der Waals surface area (Å²) in [5.74, 6) is -1.87. The number of aliphatic carboxylic acids is 2. The Kier molecular flexibility index (Phi) is 12.2. The van der Waals surface area contributed by atoms with E-state index in [0.717, 1.165) is 47.7 Å². The zero-order chi connectivity index (χ0) is 26.5. The van der Waals surface area contributed by atoms with Crippen molar-refractivity contribution in [3.05, 3.63) is 64.0 Å². The van der Waals surface area contributed by atoms with E-state index in [2.05, 4.69) is 6.92 Å². The maximum absolute atomic E-state index is 13.2. The van der Waals surface area contributed by atoms with Gasteiger partial charge in [-0.05, 0) is 49.1 Å². The van der Waals surface area contributed by atoms with Crippen LogP contribution in [-0.2, 0) is 22.6 Å². The Morgan fingerprint density at radius 3 is 2.17 bits per heavy atom. The summed E-state index contributed by atoms with van der Waals surface area (Å²) in [5, 5.41) is 18.4. The number of carbonyl (C=O) groups is 3. The summed E-state index contributed by atoms with van der Waals surface area (Å²) in [4.78, 5) is 35.6. The molecule has 6 heteroatoms. The molecule has 0 saturated heterocycles. The van der Waals surface area contributed by atoms with Crippen LogP contribution in [0, 0.1) is 13.8 Å². The molecule has 2 aromatic rings. The molecule has 6 nitrogen and oxygen atoms in total. The number of carbonyl (C=O) groups excluding carboxylic acids is 1. The normalized spacial score (nSPS) is 11.3. The number of benzene rings is 1. The molecular formula is C30H41NO5. The van der Waals surface area contributed by atoms with Crippen LogP contribution in [0.3, 0.4) is 0 Å². The van der Waals surface area contributed by atoms with Gasteiger partial charge in [0.25, 0.3) is 0 Å². The monoisotopic (exact) mass is 495 g/mol. The van der Waals surface area contributed by atoms with E-state index >= 15 is 0 Å². The van der Waals surface area contributed by atoms with Gasteiger partial charge in [-0.1, -0.05) is 76.5 Å². The van der Waals surface area contributed by atoms with Gasteiger partial charge >= 0.3 is 11.9 Å². The highest BCUT2D eigenvalue weighted by Gasteiger charge is 2.23. The standard InChI is InChI=1S/C30H41NO5/c1-4-5-6-7-8-9-10-11-12-16-27(32)30-22(2)26(20-29(35)36)31(23(30)3)21-25-15-13-14-24(19-25)17-18-28(33)34/h13-15,17-19H,4-12,16,20-21H2,1-3H3,(H,33,34)(H,35,36)/b18-17+. The largest absolute Gasteiger partial charge is 0.481 e. The summed E-state index contributed by atoms with van der Waals surface area (Å²) >= 11 is 0. The highest BCUT2D eigenvalue weighted by Crippen LogP contribution is 2.26. The van der Waals surface area contributed by atoms with Crippen LogP contribution >= 0.6 is 0 Å². The van der Waals surface area contributed by atoms with Crippen molar-refractivity contribution in [3.63, 3.8) is 0 Å². The van der Waals surface area contributed by atoms with E-state index in [1.54, 1.807) is 0 Å². The maximum Gasteiger partial charge on any atom is 0.328 e. The highest BCUT2D eigenvalue weighted by atomic mass is 16.4. The lowest BCUT2D eigenvalue weighted by atomic mass is 9.99. The van der Waals surface area contributed by atoms with Gasteiger partial charge < -0.3 is 14.8 Å². The molecule has 0 unspecified atom stereocenters. The van der Waals surface area contributed by atoms with Gasteiger partial charge in [0.15, 0.2) is 5.78 Å². The van der Waals surface area contributed by atoms with Crippen molar-refractivity contribution in [2.75, 3.05) is 0 Å². The van der Waals surface area contributed by atoms with Gasteiger partial charge in [0.05, 0.1) is 6.42 Å². The summed E-state index contributed by atoms with van der Waals surface area (Å²) < 4.78 is 1.92. The maximum atomic E-state index is 13.2. The molecule has 0 aliphatic heterocycles. The SMILES string of the molecule is CCCCCCCCCCCC(=O)c1c(C)c(CC(=O)O)n(Cc2cccc(/C=C/C(=O)O)c2)c1C. The number of hydrogen-bond acceptors (Lipinski definition) is 3. The van der Waals surface area contributed by atoms with Gasteiger partial charge in [0.2, 0.25) is 0 Å². The predicted molar refractivity (Wildman–Crippen MR) is 144 cm³/mol. The van der Waals surface area contributed by atoms with Crippen molar-refractivity contribution >= 4 is 23.8 Å². The number of rotatable bonds is 17. The molecule has 0 aliphatic carbocycles. The number of carboxylic acid groups (broad SMARTS) is 2. The van der Waals surface area contributed by atoms with E-state index in [-0.39, 0.29) is 12.2 Å². The number of ketones is 1. The topological polar surface area (TPSA) is 96.6 Å². The molecule has 1 heterocycles. The average Bonchev–Trinajstić information content (AvgIpc) is 3.05. The van der Waals surface area contributed by atoms with Crippen molar-refractivity contribution in [2.24, 2.45) is 0 Å². The van der Waals surface area contributed by atoms with Gasteiger partial charge in [0.1, 0.15) is 0 Å². The van der Waals surface area contributed by atoms with Gasteiger partial charge in [-0.25, -0.2) is 4.79 Å². The van der Waals surface area contributed by atoms with Crippen LogP contribution in [0.2, 0.25) is 0 Å². The van der Waals surface area contributed by atoms with Crippen molar-refractivity contribution in [3.8, 4) is 0 Å². The van der Waals surface area contributed by atoms with E-state index in [1.807, 2.05) is 42.7 Å². The number of aromatic nitrogens is 1. The van der Waals surface area contributed by atoms with Crippen LogP contribution in [-0.4, -0.2) is 32.5 Å². The summed E-state index contributed by atoms with van der Waals surface area (Å²) in [6.07, 6.45) is 13.6. The van der Waals surface area contributed by atoms with Crippen LogP contribution in [0.15, 0.2) is 30.3 Å². The van der Waals surface area contributed by atoms with E-state index < -0.39 is 11.9 Å². The zero-order valence-electron chi connectivity index (χ0n) is 22.0. The molecule has 36 heavy (non-hydrogen) atoms.